The zero-order valence-corrected chi connectivity index (χ0v) is 9.49. The standard InChI is InChI=1S/C10H19N3O3/c1-7(8-2-4-16-5-3-8)12-6-9(14)13-10(11)15/h7-8,12H,2-6H2,1H3,(H3,11,13,14,15). The molecule has 0 bridgehead atoms. The van der Waals surface area contributed by atoms with Crippen LogP contribution in [0.15, 0.2) is 0 Å². The molecule has 6 heteroatoms. The highest BCUT2D eigenvalue weighted by atomic mass is 16.5. The van der Waals surface area contributed by atoms with Gasteiger partial charge in [0.1, 0.15) is 0 Å². The third-order valence-corrected chi connectivity index (χ3v) is 2.82. The fraction of sp³-hybridized carbons (Fsp3) is 0.800. The summed E-state index contributed by atoms with van der Waals surface area (Å²) in [5, 5.41) is 5.10. The van der Waals surface area contributed by atoms with Gasteiger partial charge in [-0.1, -0.05) is 0 Å². The first-order valence-corrected chi connectivity index (χ1v) is 5.50. The highest BCUT2D eigenvalue weighted by molar-refractivity contribution is 5.94. The lowest BCUT2D eigenvalue weighted by molar-refractivity contribution is -0.119. The average molecular weight is 229 g/mol. The van der Waals surface area contributed by atoms with E-state index in [4.69, 9.17) is 10.5 Å². The van der Waals surface area contributed by atoms with Crippen molar-refractivity contribution in [3.05, 3.63) is 0 Å². The summed E-state index contributed by atoms with van der Waals surface area (Å²) in [6.07, 6.45) is 2.01. The molecule has 1 saturated heterocycles. The van der Waals surface area contributed by atoms with Crippen molar-refractivity contribution in [1.82, 2.24) is 10.6 Å². The minimum atomic E-state index is -0.814. The van der Waals surface area contributed by atoms with Gasteiger partial charge in [0, 0.05) is 19.3 Å². The number of hydrogen-bond donors (Lipinski definition) is 3. The summed E-state index contributed by atoms with van der Waals surface area (Å²) in [7, 11) is 0. The molecule has 0 radical (unpaired) electrons. The van der Waals surface area contributed by atoms with Crippen LogP contribution in [0.1, 0.15) is 19.8 Å². The fourth-order valence-corrected chi connectivity index (χ4v) is 1.82. The molecule has 6 nitrogen and oxygen atoms in total. The summed E-state index contributed by atoms with van der Waals surface area (Å²) in [6, 6.07) is -0.576. The molecule has 92 valence electrons. The normalized spacial score (nSPS) is 19.1. The third kappa shape index (κ3) is 4.59. The molecule has 0 spiro atoms. The van der Waals surface area contributed by atoms with Gasteiger partial charge in [-0.05, 0) is 25.7 Å². The van der Waals surface area contributed by atoms with Gasteiger partial charge in [0.25, 0.3) is 0 Å². The van der Waals surface area contributed by atoms with Gasteiger partial charge in [-0.2, -0.15) is 0 Å². The minimum absolute atomic E-state index is 0.113. The van der Waals surface area contributed by atoms with E-state index in [1.54, 1.807) is 0 Å². The first kappa shape index (κ1) is 12.9. The molecule has 0 saturated carbocycles. The molecule has 16 heavy (non-hydrogen) atoms. The Morgan fingerprint density at radius 3 is 2.62 bits per heavy atom. The number of nitrogens with two attached hydrogens (primary N) is 1. The largest absolute Gasteiger partial charge is 0.381 e. The number of urea groups is 1. The molecule has 3 amide bonds. The topological polar surface area (TPSA) is 93.5 Å². The highest BCUT2D eigenvalue weighted by Gasteiger charge is 2.20. The average Bonchev–Trinajstić information content (AvgIpc) is 2.26. The van der Waals surface area contributed by atoms with Crippen LogP contribution in [0.25, 0.3) is 0 Å². The lowest BCUT2D eigenvalue weighted by atomic mass is 9.93. The molecule has 1 heterocycles. The summed E-state index contributed by atoms with van der Waals surface area (Å²) in [6.45, 7) is 3.71. The highest BCUT2D eigenvalue weighted by Crippen LogP contribution is 2.18. The van der Waals surface area contributed by atoms with Crippen LogP contribution in [0.2, 0.25) is 0 Å². The van der Waals surface area contributed by atoms with Crippen molar-refractivity contribution in [3.8, 4) is 0 Å². The molecular weight excluding hydrogens is 210 g/mol. The predicted molar refractivity (Wildman–Crippen MR) is 58.7 cm³/mol. The van der Waals surface area contributed by atoms with E-state index in [2.05, 4.69) is 5.32 Å². The van der Waals surface area contributed by atoms with Crippen LogP contribution in [0, 0.1) is 5.92 Å². The smallest absolute Gasteiger partial charge is 0.318 e. The number of carbonyl (C=O) groups excluding carboxylic acids is 2. The first-order valence-electron chi connectivity index (χ1n) is 5.50. The van der Waals surface area contributed by atoms with Crippen molar-refractivity contribution in [3.63, 3.8) is 0 Å². The maximum absolute atomic E-state index is 11.1. The summed E-state index contributed by atoms with van der Waals surface area (Å²) in [4.78, 5) is 21.5. The molecular formula is C10H19N3O3. The van der Waals surface area contributed by atoms with Gasteiger partial charge >= 0.3 is 6.03 Å². The van der Waals surface area contributed by atoms with Crippen LogP contribution >= 0.6 is 0 Å². The maximum atomic E-state index is 11.1. The second-order valence-electron chi connectivity index (χ2n) is 4.03. The Bertz CT molecular complexity index is 252. The van der Waals surface area contributed by atoms with E-state index in [0.717, 1.165) is 26.1 Å². The molecule has 1 aliphatic heterocycles. The number of rotatable bonds is 4. The number of nitrogens with one attached hydrogen (secondary N) is 2. The molecule has 1 rings (SSSR count). The van der Waals surface area contributed by atoms with Gasteiger partial charge in [0.2, 0.25) is 5.91 Å². The van der Waals surface area contributed by atoms with Crippen molar-refractivity contribution < 1.29 is 14.3 Å². The lowest BCUT2D eigenvalue weighted by Crippen LogP contribution is -2.45. The van der Waals surface area contributed by atoms with Crippen LogP contribution in [0.4, 0.5) is 4.79 Å². The van der Waals surface area contributed by atoms with Crippen molar-refractivity contribution in [1.29, 1.82) is 0 Å². The molecule has 1 unspecified atom stereocenters. The van der Waals surface area contributed by atoms with Gasteiger partial charge in [-0.3, -0.25) is 10.1 Å². The van der Waals surface area contributed by atoms with E-state index in [0.29, 0.717) is 5.92 Å². The number of hydrogen-bond acceptors (Lipinski definition) is 4. The fourth-order valence-electron chi connectivity index (χ4n) is 1.82. The van der Waals surface area contributed by atoms with Crippen LogP contribution in [0.5, 0.6) is 0 Å². The van der Waals surface area contributed by atoms with Crippen LogP contribution in [-0.4, -0.2) is 37.7 Å². The van der Waals surface area contributed by atoms with Gasteiger partial charge in [-0.15, -0.1) is 0 Å². The van der Waals surface area contributed by atoms with Crippen LogP contribution in [0.3, 0.4) is 0 Å². The Balaban J connectivity index is 2.20. The molecule has 4 N–H and O–H groups in total. The maximum Gasteiger partial charge on any atom is 0.318 e. The lowest BCUT2D eigenvalue weighted by Gasteiger charge is -2.28. The van der Waals surface area contributed by atoms with E-state index in [9.17, 15) is 9.59 Å². The summed E-state index contributed by atoms with van der Waals surface area (Å²) < 4.78 is 5.26. The molecule has 0 aliphatic carbocycles. The number of imide groups is 1. The first-order chi connectivity index (χ1) is 7.59. The van der Waals surface area contributed by atoms with E-state index in [1.165, 1.54) is 0 Å². The quantitative estimate of drug-likeness (QED) is 0.610. The number of carbonyl (C=O) groups is 2. The van der Waals surface area contributed by atoms with E-state index in [-0.39, 0.29) is 12.6 Å². The Kier molecular flexibility index (Phi) is 5.21. The molecule has 1 aliphatic rings. The van der Waals surface area contributed by atoms with Gasteiger partial charge in [0.15, 0.2) is 0 Å². The number of primary amides is 1. The monoisotopic (exact) mass is 229 g/mol. The van der Waals surface area contributed by atoms with Gasteiger partial charge in [-0.25, -0.2) is 4.79 Å². The third-order valence-electron chi connectivity index (χ3n) is 2.82. The molecule has 0 aromatic rings. The van der Waals surface area contributed by atoms with Crippen LogP contribution in [-0.2, 0) is 9.53 Å². The van der Waals surface area contributed by atoms with E-state index < -0.39 is 11.9 Å². The Morgan fingerprint density at radius 1 is 1.44 bits per heavy atom. The summed E-state index contributed by atoms with van der Waals surface area (Å²) in [5.41, 5.74) is 4.83. The van der Waals surface area contributed by atoms with E-state index in [1.807, 2.05) is 12.2 Å². The second-order valence-corrected chi connectivity index (χ2v) is 4.03. The van der Waals surface area contributed by atoms with Crippen molar-refractivity contribution in [2.24, 2.45) is 11.7 Å². The molecule has 1 atom stereocenters. The van der Waals surface area contributed by atoms with Crippen LogP contribution < -0.4 is 16.4 Å². The van der Waals surface area contributed by atoms with Crippen molar-refractivity contribution in [2.75, 3.05) is 19.8 Å². The van der Waals surface area contributed by atoms with Crippen molar-refractivity contribution in [2.45, 2.75) is 25.8 Å². The zero-order chi connectivity index (χ0) is 12.0. The van der Waals surface area contributed by atoms with E-state index >= 15 is 0 Å². The Morgan fingerprint density at radius 2 is 2.06 bits per heavy atom. The molecule has 0 aromatic carbocycles. The number of amides is 3. The molecule has 1 fully saturated rings. The Hall–Kier alpha value is -1.14. The Labute approximate surface area is 94.9 Å². The zero-order valence-electron chi connectivity index (χ0n) is 9.49. The van der Waals surface area contributed by atoms with Gasteiger partial charge < -0.3 is 15.8 Å². The summed E-state index contributed by atoms with van der Waals surface area (Å²) in [5.74, 6) is 0.126. The van der Waals surface area contributed by atoms with Gasteiger partial charge in [0.05, 0.1) is 6.54 Å². The number of ether oxygens (including phenoxy) is 1. The summed E-state index contributed by atoms with van der Waals surface area (Å²) >= 11 is 0. The SMILES string of the molecule is CC(NCC(=O)NC(N)=O)C1CCOCC1. The molecule has 0 aromatic heterocycles. The predicted octanol–water partition coefficient (Wildman–Crippen LogP) is -0.414. The van der Waals surface area contributed by atoms with Crippen molar-refractivity contribution >= 4 is 11.9 Å². The second kappa shape index (κ2) is 6.44. The minimum Gasteiger partial charge on any atom is -0.381 e.